The van der Waals surface area contributed by atoms with Crippen molar-refractivity contribution in [2.24, 2.45) is 0 Å². The van der Waals surface area contributed by atoms with Gasteiger partial charge in [-0.05, 0) is 11.6 Å². The first-order chi connectivity index (χ1) is 9.22. The number of aliphatic hydroxyl groups is 1. The van der Waals surface area contributed by atoms with Crippen molar-refractivity contribution in [1.29, 1.82) is 0 Å². The third-order valence-electron chi connectivity index (χ3n) is 2.99. The maximum absolute atomic E-state index is 9.82. The van der Waals surface area contributed by atoms with E-state index in [1.165, 1.54) is 0 Å². The van der Waals surface area contributed by atoms with E-state index >= 15 is 0 Å². The second kappa shape index (κ2) is 6.57. The van der Waals surface area contributed by atoms with E-state index in [2.05, 4.69) is 5.32 Å². The molecule has 2 aromatic rings. The zero-order valence-electron chi connectivity index (χ0n) is 10.4. The predicted molar refractivity (Wildman–Crippen MR) is 76.2 cm³/mol. The van der Waals surface area contributed by atoms with Gasteiger partial charge in [0.25, 0.3) is 0 Å². The van der Waals surface area contributed by atoms with Gasteiger partial charge in [-0.3, -0.25) is 0 Å². The highest BCUT2D eigenvalue weighted by atomic mass is 35.5. The van der Waals surface area contributed by atoms with E-state index in [9.17, 15) is 10.2 Å². The number of phenols is 1. The van der Waals surface area contributed by atoms with Crippen LogP contribution in [0.3, 0.4) is 0 Å². The van der Waals surface area contributed by atoms with Crippen LogP contribution in [0.5, 0.6) is 5.75 Å². The fraction of sp³-hybridized carbons (Fsp3) is 0.200. The fourth-order valence-electron chi connectivity index (χ4n) is 1.91. The van der Waals surface area contributed by atoms with Crippen molar-refractivity contribution in [1.82, 2.24) is 5.32 Å². The number of aromatic hydroxyl groups is 1. The Morgan fingerprint density at radius 3 is 2.47 bits per heavy atom. The molecule has 0 heterocycles. The van der Waals surface area contributed by atoms with Crippen molar-refractivity contribution >= 4 is 11.6 Å². The summed E-state index contributed by atoms with van der Waals surface area (Å²) in [5.41, 5.74) is 1.72. The van der Waals surface area contributed by atoms with Gasteiger partial charge in [-0.25, -0.2) is 0 Å². The van der Waals surface area contributed by atoms with E-state index in [4.69, 9.17) is 11.6 Å². The normalized spacial score (nSPS) is 12.3. The largest absolute Gasteiger partial charge is 0.506 e. The van der Waals surface area contributed by atoms with E-state index < -0.39 is 0 Å². The van der Waals surface area contributed by atoms with Crippen LogP contribution in [0.1, 0.15) is 17.2 Å². The molecule has 0 aliphatic heterocycles. The third-order valence-corrected chi connectivity index (χ3v) is 3.30. The Bertz CT molecular complexity index is 531. The summed E-state index contributed by atoms with van der Waals surface area (Å²) >= 11 is 5.85. The Kier molecular flexibility index (Phi) is 4.80. The molecular weight excluding hydrogens is 262 g/mol. The second-order valence-electron chi connectivity index (χ2n) is 4.27. The molecule has 0 unspecified atom stereocenters. The van der Waals surface area contributed by atoms with Crippen LogP contribution in [0.15, 0.2) is 48.5 Å². The van der Waals surface area contributed by atoms with Crippen LogP contribution in [-0.4, -0.2) is 16.8 Å². The van der Waals surface area contributed by atoms with E-state index in [0.29, 0.717) is 17.1 Å². The Balaban J connectivity index is 2.06. The Hall–Kier alpha value is -1.55. The van der Waals surface area contributed by atoms with Crippen molar-refractivity contribution in [3.63, 3.8) is 0 Å². The average Bonchev–Trinajstić information content (AvgIpc) is 2.45. The highest BCUT2D eigenvalue weighted by Gasteiger charge is 2.11. The van der Waals surface area contributed by atoms with Crippen LogP contribution < -0.4 is 5.32 Å². The Labute approximate surface area is 117 Å². The van der Waals surface area contributed by atoms with E-state index in [0.717, 1.165) is 5.56 Å². The van der Waals surface area contributed by atoms with Crippen LogP contribution in [0.25, 0.3) is 0 Å². The molecule has 100 valence electrons. The minimum Gasteiger partial charge on any atom is -0.506 e. The molecule has 0 radical (unpaired) electrons. The SMILES string of the molecule is OC[C@@H](NCc1cccc(Cl)c1O)c1ccccc1. The summed E-state index contributed by atoms with van der Waals surface area (Å²) in [7, 11) is 0. The summed E-state index contributed by atoms with van der Waals surface area (Å²) < 4.78 is 0. The first-order valence-corrected chi connectivity index (χ1v) is 6.45. The molecule has 0 saturated carbocycles. The van der Waals surface area contributed by atoms with Gasteiger partial charge in [-0.1, -0.05) is 54.1 Å². The van der Waals surface area contributed by atoms with Gasteiger partial charge in [0.05, 0.1) is 17.7 Å². The molecule has 0 fully saturated rings. The van der Waals surface area contributed by atoms with Gasteiger partial charge in [-0.2, -0.15) is 0 Å². The number of hydrogen-bond acceptors (Lipinski definition) is 3. The predicted octanol–water partition coefficient (Wildman–Crippen LogP) is 2.87. The molecule has 0 saturated heterocycles. The highest BCUT2D eigenvalue weighted by molar-refractivity contribution is 6.32. The summed E-state index contributed by atoms with van der Waals surface area (Å²) in [4.78, 5) is 0. The van der Waals surface area contributed by atoms with Crippen molar-refractivity contribution in [2.45, 2.75) is 12.6 Å². The van der Waals surface area contributed by atoms with E-state index in [1.807, 2.05) is 30.3 Å². The lowest BCUT2D eigenvalue weighted by Crippen LogP contribution is -2.23. The van der Waals surface area contributed by atoms with Crippen molar-refractivity contribution in [3.8, 4) is 5.75 Å². The van der Waals surface area contributed by atoms with E-state index in [-0.39, 0.29) is 18.4 Å². The van der Waals surface area contributed by atoms with Gasteiger partial charge in [0.2, 0.25) is 0 Å². The Morgan fingerprint density at radius 2 is 1.79 bits per heavy atom. The van der Waals surface area contributed by atoms with Crippen LogP contribution in [0.4, 0.5) is 0 Å². The van der Waals surface area contributed by atoms with Crippen LogP contribution in [-0.2, 0) is 6.54 Å². The molecule has 1 atom stereocenters. The molecule has 0 bridgehead atoms. The topological polar surface area (TPSA) is 52.5 Å². The highest BCUT2D eigenvalue weighted by Crippen LogP contribution is 2.27. The smallest absolute Gasteiger partial charge is 0.138 e. The molecule has 2 aromatic carbocycles. The maximum Gasteiger partial charge on any atom is 0.138 e. The van der Waals surface area contributed by atoms with Crippen molar-refractivity contribution in [2.75, 3.05) is 6.61 Å². The van der Waals surface area contributed by atoms with Gasteiger partial charge in [0, 0.05) is 12.1 Å². The summed E-state index contributed by atoms with van der Waals surface area (Å²) in [6, 6.07) is 14.7. The van der Waals surface area contributed by atoms with Gasteiger partial charge >= 0.3 is 0 Å². The number of benzene rings is 2. The van der Waals surface area contributed by atoms with Gasteiger partial charge in [-0.15, -0.1) is 0 Å². The molecule has 19 heavy (non-hydrogen) atoms. The number of rotatable bonds is 5. The van der Waals surface area contributed by atoms with Crippen LogP contribution in [0.2, 0.25) is 5.02 Å². The molecule has 0 amide bonds. The minimum atomic E-state index is -0.167. The lowest BCUT2D eigenvalue weighted by molar-refractivity contribution is 0.243. The summed E-state index contributed by atoms with van der Waals surface area (Å²) in [6.45, 7) is 0.428. The summed E-state index contributed by atoms with van der Waals surface area (Å²) in [5, 5.41) is 22.8. The molecule has 3 nitrogen and oxygen atoms in total. The number of halogens is 1. The standard InChI is InChI=1S/C15H16ClNO2/c16-13-8-4-7-12(15(13)19)9-17-14(10-18)11-5-2-1-3-6-11/h1-8,14,17-19H,9-10H2/t14-/m1/s1. The number of nitrogens with one attached hydrogen (secondary N) is 1. The lowest BCUT2D eigenvalue weighted by atomic mass is 10.1. The second-order valence-corrected chi connectivity index (χ2v) is 4.68. The number of phenolic OH excluding ortho intramolecular Hbond substituents is 1. The first kappa shape index (κ1) is 13.9. The van der Waals surface area contributed by atoms with Crippen molar-refractivity contribution < 1.29 is 10.2 Å². The summed E-state index contributed by atoms with van der Waals surface area (Å²) in [6.07, 6.45) is 0. The molecule has 0 aliphatic rings. The fourth-order valence-corrected chi connectivity index (χ4v) is 2.10. The lowest BCUT2D eigenvalue weighted by Gasteiger charge is -2.17. The zero-order chi connectivity index (χ0) is 13.7. The summed E-state index contributed by atoms with van der Waals surface area (Å²) in [5.74, 6) is 0.0846. The quantitative estimate of drug-likeness (QED) is 0.788. The molecule has 2 rings (SSSR count). The van der Waals surface area contributed by atoms with Crippen molar-refractivity contribution in [3.05, 3.63) is 64.7 Å². The van der Waals surface area contributed by atoms with Gasteiger partial charge < -0.3 is 15.5 Å². The van der Waals surface area contributed by atoms with Gasteiger partial charge in [0.1, 0.15) is 5.75 Å². The number of hydrogen-bond donors (Lipinski definition) is 3. The average molecular weight is 278 g/mol. The van der Waals surface area contributed by atoms with Crippen LogP contribution in [0, 0.1) is 0 Å². The molecule has 0 aliphatic carbocycles. The monoisotopic (exact) mass is 277 g/mol. The van der Waals surface area contributed by atoms with Crippen LogP contribution >= 0.6 is 11.6 Å². The third kappa shape index (κ3) is 3.47. The van der Waals surface area contributed by atoms with E-state index in [1.54, 1.807) is 18.2 Å². The Morgan fingerprint density at radius 1 is 1.05 bits per heavy atom. The maximum atomic E-state index is 9.82. The molecule has 4 heteroatoms. The number of para-hydroxylation sites is 1. The zero-order valence-corrected chi connectivity index (χ0v) is 11.1. The molecule has 0 spiro atoms. The first-order valence-electron chi connectivity index (χ1n) is 6.08. The minimum absolute atomic E-state index is 0.00859. The molecular formula is C15H16ClNO2. The number of aliphatic hydroxyl groups excluding tert-OH is 1. The molecule has 0 aromatic heterocycles. The molecule has 3 N–H and O–H groups in total. The van der Waals surface area contributed by atoms with Gasteiger partial charge in [0.15, 0.2) is 0 Å².